The predicted octanol–water partition coefficient (Wildman–Crippen LogP) is 5.02. The SMILES string of the molecule is CCCCC(=O)N1CCN(c2cc(O[C@H]3CC[C@H](Nc4ccc(S(=O)(=O)C(F)(F)F)cc4)CC3)ccn2)CC1. The molecule has 4 rings (SSSR count). The maximum absolute atomic E-state index is 12.7. The number of alkyl halides is 3. The first kappa shape index (κ1) is 29.0. The fourth-order valence-electron chi connectivity index (χ4n) is 4.93. The summed E-state index contributed by atoms with van der Waals surface area (Å²) in [7, 11) is -5.35. The standard InChI is InChI=1S/C27H35F3N4O4S/c1-2-3-4-26(35)34-17-15-33(16-18-34)25-19-23(13-14-31-25)38-22-9-5-20(6-10-22)32-21-7-11-24(12-8-21)39(36,37)27(28,29)30/h7-8,11-14,19-20,22,32H,2-6,9-10,15-18H2,1H3/t20-,22-. The number of carbonyl (C=O) groups excluding carboxylic acids is 1. The first-order chi connectivity index (χ1) is 18.6. The molecule has 1 aromatic carbocycles. The molecule has 1 aliphatic carbocycles. The molecule has 1 aliphatic heterocycles. The first-order valence-corrected chi connectivity index (χ1v) is 14.9. The van der Waals surface area contributed by atoms with Crippen LogP contribution in [-0.4, -0.2) is 68.0 Å². The van der Waals surface area contributed by atoms with Crippen LogP contribution in [0, 0.1) is 0 Å². The van der Waals surface area contributed by atoms with E-state index in [4.69, 9.17) is 4.74 Å². The number of rotatable bonds is 9. The molecule has 0 radical (unpaired) electrons. The molecule has 39 heavy (non-hydrogen) atoms. The van der Waals surface area contributed by atoms with E-state index in [9.17, 15) is 26.4 Å². The number of hydrogen-bond donors (Lipinski definition) is 1. The van der Waals surface area contributed by atoms with Gasteiger partial charge < -0.3 is 19.9 Å². The summed E-state index contributed by atoms with van der Waals surface area (Å²) in [5, 5.41) is 3.28. The lowest BCUT2D eigenvalue weighted by Gasteiger charge is -2.35. The highest BCUT2D eigenvalue weighted by Crippen LogP contribution is 2.32. The average Bonchev–Trinajstić information content (AvgIpc) is 2.93. The maximum atomic E-state index is 12.7. The summed E-state index contributed by atoms with van der Waals surface area (Å²) in [4.78, 5) is 20.1. The third-order valence-corrected chi connectivity index (χ3v) is 8.74. The molecular formula is C27H35F3N4O4S. The van der Waals surface area contributed by atoms with Crippen LogP contribution < -0.4 is 15.0 Å². The van der Waals surface area contributed by atoms with Gasteiger partial charge in [-0.15, -0.1) is 0 Å². The first-order valence-electron chi connectivity index (χ1n) is 13.4. The van der Waals surface area contributed by atoms with Crippen molar-refractivity contribution in [1.29, 1.82) is 0 Å². The zero-order valence-corrected chi connectivity index (χ0v) is 22.8. The Hall–Kier alpha value is -3.02. The normalized spacial score (nSPS) is 20.5. The molecule has 1 N–H and O–H groups in total. The topological polar surface area (TPSA) is 91.8 Å². The van der Waals surface area contributed by atoms with Crippen molar-refractivity contribution >= 4 is 27.2 Å². The third-order valence-electron chi connectivity index (χ3n) is 7.23. The second kappa shape index (κ2) is 12.4. The van der Waals surface area contributed by atoms with Gasteiger partial charge in [-0.1, -0.05) is 13.3 Å². The number of anilines is 2. The Morgan fingerprint density at radius 2 is 1.72 bits per heavy atom. The summed E-state index contributed by atoms with van der Waals surface area (Å²) in [5.74, 6) is 1.80. The van der Waals surface area contributed by atoms with Gasteiger partial charge in [-0.3, -0.25) is 4.79 Å². The Labute approximate surface area is 227 Å². The number of pyridine rings is 1. The number of carbonyl (C=O) groups is 1. The lowest BCUT2D eigenvalue weighted by atomic mass is 9.92. The third kappa shape index (κ3) is 7.34. The fourth-order valence-corrected chi connectivity index (χ4v) is 5.70. The highest BCUT2D eigenvalue weighted by atomic mass is 32.2. The van der Waals surface area contributed by atoms with E-state index in [0.717, 1.165) is 75.3 Å². The zero-order valence-electron chi connectivity index (χ0n) is 22.0. The van der Waals surface area contributed by atoms with Crippen molar-refractivity contribution in [2.75, 3.05) is 36.4 Å². The van der Waals surface area contributed by atoms with E-state index in [1.165, 1.54) is 12.1 Å². The highest BCUT2D eigenvalue weighted by Gasteiger charge is 2.46. The number of piperazine rings is 1. The van der Waals surface area contributed by atoms with E-state index in [1.807, 2.05) is 17.0 Å². The second-order valence-corrected chi connectivity index (χ2v) is 12.0. The monoisotopic (exact) mass is 568 g/mol. The van der Waals surface area contributed by atoms with Crippen molar-refractivity contribution in [3.63, 3.8) is 0 Å². The summed E-state index contributed by atoms with van der Waals surface area (Å²) >= 11 is 0. The fraction of sp³-hybridized carbons (Fsp3) is 0.556. The molecule has 0 unspecified atom stereocenters. The second-order valence-electron chi connectivity index (χ2n) is 10.0. The number of halogens is 3. The number of hydrogen-bond acceptors (Lipinski definition) is 7. The molecule has 0 spiro atoms. The van der Waals surface area contributed by atoms with Gasteiger partial charge in [0.25, 0.3) is 9.84 Å². The summed E-state index contributed by atoms with van der Waals surface area (Å²) in [6, 6.07) is 8.57. The number of nitrogens with one attached hydrogen (secondary N) is 1. The summed E-state index contributed by atoms with van der Waals surface area (Å²) in [6.45, 7) is 4.92. The molecule has 214 valence electrons. The van der Waals surface area contributed by atoms with Crippen LogP contribution in [0.15, 0.2) is 47.5 Å². The quantitative estimate of drug-likeness (QED) is 0.454. The minimum atomic E-state index is -5.35. The van der Waals surface area contributed by atoms with Gasteiger partial charge in [0.15, 0.2) is 0 Å². The lowest BCUT2D eigenvalue weighted by Crippen LogP contribution is -2.49. The molecule has 0 bridgehead atoms. The Bertz CT molecular complexity index is 1210. The minimum absolute atomic E-state index is 0.0330. The zero-order chi connectivity index (χ0) is 28.0. The van der Waals surface area contributed by atoms with E-state index in [0.29, 0.717) is 25.2 Å². The number of amides is 1. The Morgan fingerprint density at radius 1 is 1.05 bits per heavy atom. The van der Waals surface area contributed by atoms with E-state index in [-0.39, 0.29) is 18.1 Å². The molecule has 1 saturated carbocycles. The van der Waals surface area contributed by atoms with Gasteiger partial charge in [0.05, 0.1) is 11.0 Å². The number of ether oxygens (including phenoxy) is 1. The van der Waals surface area contributed by atoms with E-state index >= 15 is 0 Å². The number of nitrogens with zero attached hydrogens (tertiary/aromatic N) is 3. The number of unbranched alkanes of at least 4 members (excludes halogenated alkanes) is 1. The molecule has 12 heteroatoms. The van der Waals surface area contributed by atoms with Crippen LogP contribution in [0.2, 0.25) is 0 Å². The van der Waals surface area contributed by atoms with Gasteiger partial charge in [-0.25, -0.2) is 13.4 Å². The van der Waals surface area contributed by atoms with Crippen molar-refractivity contribution in [3.05, 3.63) is 42.6 Å². The summed E-state index contributed by atoms with van der Waals surface area (Å²) < 4.78 is 67.6. The smallest absolute Gasteiger partial charge is 0.490 e. The maximum Gasteiger partial charge on any atom is 0.501 e. The van der Waals surface area contributed by atoms with Gasteiger partial charge in [-0.2, -0.15) is 13.2 Å². The number of benzene rings is 1. The molecule has 2 fully saturated rings. The molecule has 1 amide bonds. The van der Waals surface area contributed by atoms with Crippen molar-refractivity contribution < 1.29 is 31.1 Å². The van der Waals surface area contributed by atoms with Gasteiger partial charge in [-0.05, 0) is 62.4 Å². The van der Waals surface area contributed by atoms with Crippen molar-refractivity contribution in [2.45, 2.75) is 74.4 Å². The van der Waals surface area contributed by atoms with Crippen LogP contribution in [0.4, 0.5) is 24.7 Å². The van der Waals surface area contributed by atoms with E-state index < -0.39 is 20.2 Å². The van der Waals surface area contributed by atoms with Crippen LogP contribution in [0.25, 0.3) is 0 Å². The average molecular weight is 569 g/mol. The van der Waals surface area contributed by atoms with Gasteiger partial charge >= 0.3 is 5.51 Å². The van der Waals surface area contributed by atoms with Crippen LogP contribution in [-0.2, 0) is 14.6 Å². The Morgan fingerprint density at radius 3 is 2.33 bits per heavy atom. The summed E-state index contributed by atoms with van der Waals surface area (Å²) in [6.07, 6.45) is 7.51. The molecule has 2 heterocycles. The molecule has 1 aromatic heterocycles. The van der Waals surface area contributed by atoms with Crippen LogP contribution in [0.1, 0.15) is 51.9 Å². The molecule has 8 nitrogen and oxygen atoms in total. The van der Waals surface area contributed by atoms with Crippen molar-refractivity contribution in [1.82, 2.24) is 9.88 Å². The van der Waals surface area contributed by atoms with Gasteiger partial charge in [0, 0.05) is 56.6 Å². The Kier molecular flexibility index (Phi) is 9.24. The van der Waals surface area contributed by atoms with E-state index in [1.54, 1.807) is 6.20 Å². The molecule has 2 aliphatic rings. The van der Waals surface area contributed by atoms with E-state index in [2.05, 4.69) is 22.1 Å². The molecular weight excluding hydrogens is 533 g/mol. The van der Waals surface area contributed by atoms with Gasteiger partial charge in [0.1, 0.15) is 11.6 Å². The van der Waals surface area contributed by atoms with Crippen LogP contribution in [0.5, 0.6) is 5.75 Å². The highest BCUT2D eigenvalue weighted by molar-refractivity contribution is 7.92. The molecule has 2 aromatic rings. The van der Waals surface area contributed by atoms with Crippen molar-refractivity contribution in [2.24, 2.45) is 0 Å². The number of aromatic nitrogens is 1. The largest absolute Gasteiger partial charge is 0.501 e. The summed E-state index contributed by atoms with van der Waals surface area (Å²) in [5.41, 5.74) is -4.74. The van der Waals surface area contributed by atoms with Crippen LogP contribution >= 0.6 is 0 Å². The predicted molar refractivity (Wildman–Crippen MR) is 143 cm³/mol. The Balaban J connectivity index is 1.24. The lowest BCUT2D eigenvalue weighted by molar-refractivity contribution is -0.131. The minimum Gasteiger partial charge on any atom is -0.490 e. The number of sulfone groups is 1. The van der Waals surface area contributed by atoms with Crippen LogP contribution in [0.3, 0.4) is 0 Å². The molecule has 0 atom stereocenters. The van der Waals surface area contributed by atoms with Crippen molar-refractivity contribution in [3.8, 4) is 5.75 Å². The van der Waals surface area contributed by atoms with Gasteiger partial charge in [0.2, 0.25) is 5.91 Å². The molecule has 1 saturated heterocycles.